The van der Waals surface area contributed by atoms with Crippen molar-refractivity contribution in [2.45, 2.75) is 24.5 Å². The Kier molecular flexibility index (Phi) is 6.03. The second-order valence-corrected chi connectivity index (χ2v) is 8.02. The minimum atomic E-state index is -1.08. The standard InChI is InChI=1S/C22H21N5O3S/c1-14-6-2-5-9-19(14)27-13-24-26-22(27)31-12-20(28)25-18(21(29)30)10-15-11-23-17-8-4-3-7-16(15)17/h2-9,11,13,18,23H,10,12H2,1H3,(H,25,28)(H,29,30)/t18-/m1/s1. The van der Waals surface area contributed by atoms with Crippen LogP contribution in [0.3, 0.4) is 0 Å². The quantitative estimate of drug-likeness (QED) is 0.367. The summed E-state index contributed by atoms with van der Waals surface area (Å²) in [5, 5.41) is 21.8. The van der Waals surface area contributed by atoms with Crippen LogP contribution < -0.4 is 5.32 Å². The van der Waals surface area contributed by atoms with Crippen molar-refractivity contribution in [3.63, 3.8) is 0 Å². The Labute approximate surface area is 182 Å². The number of carboxylic acid groups (broad SMARTS) is 1. The zero-order chi connectivity index (χ0) is 21.8. The van der Waals surface area contributed by atoms with Gasteiger partial charge in [0.15, 0.2) is 5.16 Å². The van der Waals surface area contributed by atoms with Crippen molar-refractivity contribution in [2.75, 3.05) is 5.75 Å². The molecule has 1 atom stereocenters. The predicted molar refractivity (Wildman–Crippen MR) is 118 cm³/mol. The highest BCUT2D eigenvalue weighted by atomic mass is 32.2. The van der Waals surface area contributed by atoms with Crippen LogP contribution in [0, 0.1) is 6.92 Å². The van der Waals surface area contributed by atoms with Crippen molar-refractivity contribution in [2.24, 2.45) is 0 Å². The van der Waals surface area contributed by atoms with Crippen LogP contribution in [0.25, 0.3) is 16.6 Å². The van der Waals surface area contributed by atoms with E-state index in [1.807, 2.05) is 60.0 Å². The number of carbonyl (C=O) groups excluding carboxylic acids is 1. The van der Waals surface area contributed by atoms with Gasteiger partial charge in [-0.3, -0.25) is 9.36 Å². The second kappa shape index (κ2) is 9.05. The van der Waals surface area contributed by atoms with Crippen LogP contribution in [0.15, 0.2) is 66.2 Å². The van der Waals surface area contributed by atoms with Gasteiger partial charge in [0.2, 0.25) is 5.91 Å². The first-order chi connectivity index (χ1) is 15.0. The molecule has 0 aliphatic rings. The molecule has 2 aromatic carbocycles. The summed E-state index contributed by atoms with van der Waals surface area (Å²) in [4.78, 5) is 27.4. The molecule has 31 heavy (non-hydrogen) atoms. The number of nitrogens with one attached hydrogen (secondary N) is 2. The summed E-state index contributed by atoms with van der Waals surface area (Å²) in [7, 11) is 0. The fraction of sp³-hybridized carbons (Fsp3) is 0.182. The van der Waals surface area contributed by atoms with Crippen LogP contribution in [0.4, 0.5) is 0 Å². The first-order valence-electron chi connectivity index (χ1n) is 9.69. The Morgan fingerprint density at radius 3 is 2.77 bits per heavy atom. The van der Waals surface area contributed by atoms with Crippen molar-refractivity contribution < 1.29 is 14.7 Å². The molecule has 0 bridgehead atoms. The van der Waals surface area contributed by atoms with Gasteiger partial charge in [0, 0.05) is 23.5 Å². The molecule has 0 saturated heterocycles. The number of aryl methyl sites for hydroxylation is 1. The molecule has 8 nitrogen and oxygen atoms in total. The Hall–Kier alpha value is -3.59. The topological polar surface area (TPSA) is 113 Å². The molecule has 2 aromatic heterocycles. The van der Waals surface area contributed by atoms with E-state index in [-0.39, 0.29) is 18.1 Å². The van der Waals surface area contributed by atoms with E-state index in [0.29, 0.717) is 5.16 Å². The van der Waals surface area contributed by atoms with E-state index in [1.165, 1.54) is 11.8 Å². The van der Waals surface area contributed by atoms with Crippen molar-refractivity contribution in [3.8, 4) is 5.69 Å². The number of H-pyrrole nitrogens is 1. The fourth-order valence-electron chi connectivity index (χ4n) is 3.41. The molecule has 4 aromatic rings. The molecule has 4 rings (SSSR count). The summed E-state index contributed by atoms with van der Waals surface area (Å²) in [6, 6.07) is 14.4. The molecule has 0 radical (unpaired) electrons. The Morgan fingerprint density at radius 1 is 1.19 bits per heavy atom. The van der Waals surface area contributed by atoms with Crippen LogP contribution >= 0.6 is 11.8 Å². The largest absolute Gasteiger partial charge is 0.480 e. The maximum atomic E-state index is 12.5. The lowest BCUT2D eigenvalue weighted by Crippen LogP contribution is -2.43. The molecule has 0 fully saturated rings. The lowest BCUT2D eigenvalue weighted by molar-refractivity contribution is -0.141. The van der Waals surface area contributed by atoms with Crippen LogP contribution in [-0.2, 0) is 16.0 Å². The predicted octanol–water partition coefficient (Wildman–Crippen LogP) is 2.96. The lowest BCUT2D eigenvalue weighted by atomic mass is 10.1. The van der Waals surface area contributed by atoms with Gasteiger partial charge in [0.1, 0.15) is 12.4 Å². The van der Waals surface area contributed by atoms with Crippen LogP contribution in [0.2, 0.25) is 0 Å². The van der Waals surface area contributed by atoms with E-state index in [2.05, 4.69) is 20.5 Å². The molecule has 9 heteroatoms. The zero-order valence-electron chi connectivity index (χ0n) is 16.8. The van der Waals surface area contributed by atoms with Crippen LogP contribution in [-0.4, -0.2) is 48.5 Å². The first kappa shape index (κ1) is 20.7. The lowest BCUT2D eigenvalue weighted by Gasteiger charge is -2.14. The summed E-state index contributed by atoms with van der Waals surface area (Å²) < 4.78 is 1.81. The number of benzene rings is 2. The SMILES string of the molecule is Cc1ccccc1-n1cnnc1SCC(=O)N[C@H](Cc1c[nH]c2ccccc12)C(=O)O. The number of carboxylic acids is 1. The summed E-state index contributed by atoms with van der Waals surface area (Å²) >= 11 is 1.21. The van der Waals surface area contributed by atoms with Gasteiger partial charge in [-0.2, -0.15) is 0 Å². The maximum absolute atomic E-state index is 12.5. The summed E-state index contributed by atoms with van der Waals surface area (Å²) in [6.07, 6.45) is 3.57. The number of amides is 1. The normalized spacial score (nSPS) is 12.0. The highest BCUT2D eigenvalue weighted by Gasteiger charge is 2.22. The molecule has 0 saturated carbocycles. The number of thioether (sulfide) groups is 1. The van der Waals surface area contributed by atoms with Gasteiger partial charge in [0.25, 0.3) is 0 Å². The highest BCUT2D eigenvalue weighted by Crippen LogP contribution is 2.22. The van der Waals surface area contributed by atoms with Crippen LogP contribution in [0.5, 0.6) is 0 Å². The number of rotatable bonds is 8. The van der Waals surface area contributed by atoms with E-state index in [0.717, 1.165) is 27.7 Å². The third kappa shape index (κ3) is 4.61. The van der Waals surface area contributed by atoms with Gasteiger partial charge < -0.3 is 15.4 Å². The number of aromatic amines is 1. The molecule has 3 N–H and O–H groups in total. The van der Waals surface area contributed by atoms with Gasteiger partial charge >= 0.3 is 5.97 Å². The molecule has 2 heterocycles. The number of carbonyl (C=O) groups is 2. The van der Waals surface area contributed by atoms with Gasteiger partial charge in [-0.25, -0.2) is 4.79 Å². The smallest absolute Gasteiger partial charge is 0.326 e. The molecular formula is C22H21N5O3S. The summed E-state index contributed by atoms with van der Waals surface area (Å²) in [5.41, 5.74) is 3.76. The van der Waals surface area contributed by atoms with Crippen molar-refractivity contribution >= 4 is 34.5 Å². The van der Waals surface area contributed by atoms with E-state index in [9.17, 15) is 14.7 Å². The van der Waals surface area contributed by atoms with E-state index in [1.54, 1.807) is 12.5 Å². The minimum absolute atomic E-state index is 0.0300. The van der Waals surface area contributed by atoms with Crippen molar-refractivity contribution in [1.29, 1.82) is 0 Å². The first-order valence-corrected chi connectivity index (χ1v) is 10.7. The number of hydrogen-bond acceptors (Lipinski definition) is 5. The molecular weight excluding hydrogens is 414 g/mol. The Balaban J connectivity index is 1.41. The third-order valence-corrected chi connectivity index (χ3v) is 5.90. The van der Waals surface area contributed by atoms with Gasteiger partial charge in [0.05, 0.1) is 11.4 Å². The number of aliphatic carboxylic acids is 1. The zero-order valence-corrected chi connectivity index (χ0v) is 17.6. The number of nitrogens with zero attached hydrogens (tertiary/aromatic N) is 3. The van der Waals surface area contributed by atoms with E-state index in [4.69, 9.17) is 0 Å². The molecule has 0 aliphatic heterocycles. The summed E-state index contributed by atoms with van der Waals surface area (Å²) in [6.45, 7) is 1.98. The number of fused-ring (bicyclic) bond motifs is 1. The molecule has 0 unspecified atom stereocenters. The summed E-state index contributed by atoms with van der Waals surface area (Å²) in [5.74, 6) is -1.43. The van der Waals surface area contributed by atoms with Gasteiger partial charge in [-0.05, 0) is 30.2 Å². The average molecular weight is 436 g/mol. The molecule has 158 valence electrons. The number of hydrogen-bond donors (Lipinski definition) is 3. The van der Waals surface area contributed by atoms with Gasteiger partial charge in [-0.1, -0.05) is 48.2 Å². The number of aromatic nitrogens is 4. The van der Waals surface area contributed by atoms with Crippen LogP contribution in [0.1, 0.15) is 11.1 Å². The van der Waals surface area contributed by atoms with E-state index < -0.39 is 12.0 Å². The highest BCUT2D eigenvalue weighted by molar-refractivity contribution is 7.99. The maximum Gasteiger partial charge on any atom is 0.326 e. The Bertz CT molecular complexity index is 1230. The van der Waals surface area contributed by atoms with E-state index >= 15 is 0 Å². The molecule has 0 spiro atoms. The average Bonchev–Trinajstić information content (AvgIpc) is 3.39. The van der Waals surface area contributed by atoms with Crippen molar-refractivity contribution in [3.05, 3.63) is 72.2 Å². The third-order valence-electron chi connectivity index (χ3n) is 4.96. The minimum Gasteiger partial charge on any atom is -0.480 e. The molecule has 1 amide bonds. The monoisotopic (exact) mass is 435 g/mol. The van der Waals surface area contributed by atoms with Crippen molar-refractivity contribution in [1.82, 2.24) is 25.1 Å². The fourth-order valence-corrected chi connectivity index (χ4v) is 4.14. The second-order valence-electron chi connectivity index (χ2n) is 7.08. The van der Waals surface area contributed by atoms with Gasteiger partial charge in [-0.15, -0.1) is 10.2 Å². The number of para-hydroxylation sites is 2. The molecule has 0 aliphatic carbocycles. The Morgan fingerprint density at radius 2 is 1.97 bits per heavy atom.